The van der Waals surface area contributed by atoms with Crippen LogP contribution in [0.15, 0.2) is 66.1 Å². The van der Waals surface area contributed by atoms with Gasteiger partial charge in [0.2, 0.25) is 5.91 Å². The minimum Gasteiger partial charge on any atom is -0.457 e. The van der Waals surface area contributed by atoms with Crippen molar-refractivity contribution in [2.45, 2.75) is 17.3 Å². The molecule has 0 saturated heterocycles. The quantitative estimate of drug-likeness (QED) is 0.669. The third-order valence-electron chi connectivity index (χ3n) is 3.15. The maximum Gasteiger partial charge on any atom is 0.237 e. The summed E-state index contributed by atoms with van der Waals surface area (Å²) in [6.45, 7) is 1.81. The van der Waals surface area contributed by atoms with Gasteiger partial charge in [0, 0.05) is 5.69 Å². The number of rotatable bonds is 6. The monoisotopic (exact) mass is 340 g/mol. The molecule has 0 aliphatic rings. The molecular weight excluding hydrogens is 324 g/mol. The lowest BCUT2D eigenvalue weighted by Crippen LogP contribution is -2.22. The predicted octanol–water partition coefficient (Wildman–Crippen LogP) is 3.72. The number of nitrogens with zero attached hydrogens (tertiary/aromatic N) is 2. The Morgan fingerprint density at radius 1 is 1.12 bits per heavy atom. The van der Waals surface area contributed by atoms with Crippen LogP contribution in [0.25, 0.3) is 0 Å². The molecule has 0 aliphatic carbocycles. The Morgan fingerprint density at radius 2 is 1.83 bits per heavy atom. The average Bonchev–Trinajstić information content (AvgIpc) is 3.10. The number of ether oxygens (including phenoxy) is 1. The number of aromatic nitrogens is 3. The highest BCUT2D eigenvalue weighted by atomic mass is 32.2. The lowest BCUT2D eigenvalue weighted by atomic mass is 10.3. The minimum absolute atomic E-state index is 0.104. The highest BCUT2D eigenvalue weighted by molar-refractivity contribution is 8.00. The van der Waals surface area contributed by atoms with Crippen molar-refractivity contribution >= 4 is 23.4 Å². The van der Waals surface area contributed by atoms with E-state index in [0.29, 0.717) is 16.6 Å². The molecule has 0 spiro atoms. The van der Waals surface area contributed by atoms with Crippen molar-refractivity contribution in [3.8, 4) is 11.5 Å². The summed E-state index contributed by atoms with van der Waals surface area (Å²) in [4.78, 5) is 16.2. The summed E-state index contributed by atoms with van der Waals surface area (Å²) >= 11 is 1.32. The molecule has 0 saturated carbocycles. The van der Waals surface area contributed by atoms with E-state index in [1.54, 1.807) is 0 Å². The molecule has 7 heteroatoms. The number of thioether (sulfide) groups is 1. The van der Waals surface area contributed by atoms with Crippen molar-refractivity contribution in [3.63, 3.8) is 0 Å². The molecule has 122 valence electrons. The lowest BCUT2D eigenvalue weighted by Gasteiger charge is -2.11. The van der Waals surface area contributed by atoms with E-state index in [1.807, 2.05) is 61.5 Å². The third-order valence-corrected chi connectivity index (χ3v) is 4.14. The summed E-state index contributed by atoms with van der Waals surface area (Å²) in [7, 11) is 0. The van der Waals surface area contributed by atoms with Crippen LogP contribution < -0.4 is 10.1 Å². The molecule has 0 radical (unpaired) electrons. The Balaban J connectivity index is 1.56. The Labute approximate surface area is 143 Å². The first-order chi connectivity index (χ1) is 11.7. The number of aromatic amines is 1. The van der Waals surface area contributed by atoms with Gasteiger partial charge in [-0.25, -0.2) is 4.98 Å². The molecule has 1 amide bonds. The zero-order valence-corrected chi connectivity index (χ0v) is 13.8. The maximum atomic E-state index is 12.2. The number of hydrogen-bond acceptors (Lipinski definition) is 5. The zero-order valence-electron chi connectivity index (χ0n) is 13.0. The number of para-hydroxylation sites is 1. The highest BCUT2D eigenvalue weighted by Crippen LogP contribution is 2.24. The normalized spacial score (nSPS) is 11.7. The van der Waals surface area contributed by atoms with Gasteiger partial charge < -0.3 is 10.1 Å². The van der Waals surface area contributed by atoms with Crippen molar-refractivity contribution in [1.29, 1.82) is 0 Å². The standard InChI is InChI=1S/C17H16N4O2S/c1-12(24-17-18-11-19-21-17)16(22)20-13-7-9-15(10-8-13)23-14-5-3-2-4-6-14/h2-12H,1H3,(H,20,22)(H,18,19,21)/t12-/m1/s1. The van der Waals surface area contributed by atoms with Crippen LogP contribution in [-0.4, -0.2) is 26.3 Å². The number of amides is 1. The molecule has 0 unspecified atom stereocenters. The van der Waals surface area contributed by atoms with Crippen LogP contribution in [0.5, 0.6) is 11.5 Å². The highest BCUT2D eigenvalue weighted by Gasteiger charge is 2.16. The van der Waals surface area contributed by atoms with E-state index in [2.05, 4.69) is 20.5 Å². The summed E-state index contributed by atoms with van der Waals surface area (Å²) in [6, 6.07) is 16.8. The van der Waals surface area contributed by atoms with E-state index in [4.69, 9.17) is 4.74 Å². The van der Waals surface area contributed by atoms with Gasteiger partial charge in [0.25, 0.3) is 0 Å². The first kappa shape index (κ1) is 16.1. The van der Waals surface area contributed by atoms with Gasteiger partial charge in [0.05, 0.1) is 5.25 Å². The van der Waals surface area contributed by atoms with Gasteiger partial charge >= 0.3 is 0 Å². The molecule has 1 aromatic heterocycles. The average molecular weight is 340 g/mol. The third kappa shape index (κ3) is 4.36. The fourth-order valence-corrected chi connectivity index (χ4v) is 2.66. The van der Waals surface area contributed by atoms with Crippen LogP contribution in [0.4, 0.5) is 5.69 Å². The van der Waals surface area contributed by atoms with Gasteiger partial charge in [0.15, 0.2) is 5.16 Å². The molecule has 24 heavy (non-hydrogen) atoms. The summed E-state index contributed by atoms with van der Waals surface area (Å²) in [5, 5.41) is 9.67. The Kier molecular flexibility index (Phi) is 5.12. The summed E-state index contributed by atoms with van der Waals surface area (Å²) in [6.07, 6.45) is 1.42. The molecule has 1 atom stereocenters. The van der Waals surface area contributed by atoms with Crippen molar-refractivity contribution < 1.29 is 9.53 Å². The van der Waals surface area contributed by atoms with Crippen LogP contribution in [0.2, 0.25) is 0 Å². The molecule has 0 aliphatic heterocycles. The number of carbonyl (C=O) groups is 1. The maximum absolute atomic E-state index is 12.2. The first-order valence-electron chi connectivity index (χ1n) is 7.36. The Bertz CT molecular complexity index is 776. The zero-order chi connectivity index (χ0) is 16.8. The summed E-state index contributed by atoms with van der Waals surface area (Å²) in [5.41, 5.74) is 0.713. The Morgan fingerprint density at radius 3 is 2.50 bits per heavy atom. The number of H-pyrrole nitrogens is 1. The van der Waals surface area contributed by atoms with Gasteiger partial charge in [-0.05, 0) is 43.3 Å². The van der Waals surface area contributed by atoms with Crippen molar-refractivity contribution in [3.05, 3.63) is 60.9 Å². The molecule has 3 aromatic rings. The van der Waals surface area contributed by atoms with E-state index in [-0.39, 0.29) is 11.2 Å². The van der Waals surface area contributed by atoms with E-state index in [1.165, 1.54) is 18.1 Å². The van der Waals surface area contributed by atoms with Gasteiger partial charge in [0.1, 0.15) is 17.8 Å². The smallest absolute Gasteiger partial charge is 0.237 e. The van der Waals surface area contributed by atoms with Crippen molar-refractivity contribution in [2.75, 3.05) is 5.32 Å². The topological polar surface area (TPSA) is 79.9 Å². The Hall–Kier alpha value is -2.80. The van der Waals surface area contributed by atoms with Crippen LogP contribution >= 0.6 is 11.8 Å². The van der Waals surface area contributed by atoms with E-state index in [0.717, 1.165) is 5.75 Å². The first-order valence-corrected chi connectivity index (χ1v) is 8.24. The molecule has 1 heterocycles. The van der Waals surface area contributed by atoms with Crippen LogP contribution in [0, 0.1) is 0 Å². The molecule has 0 bridgehead atoms. The summed E-state index contributed by atoms with van der Waals surface area (Å²) in [5.74, 6) is 1.38. The fraction of sp³-hybridized carbons (Fsp3) is 0.118. The largest absolute Gasteiger partial charge is 0.457 e. The fourth-order valence-electron chi connectivity index (χ4n) is 1.95. The molecule has 2 aromatic carbocycles. The second-order valence-corrected chi connectivity index (χ2v) is 6.31. The lowest BCUT2D eigenvalue weighted by molar-refractivity contribution is -0.115. The molecule has 0 fully saturated rings. The minimum atomic E-state index is -0.293. The van der Waals surface area contributed by atoms with Crippen LogP contribution in [0.1, 0.15) is 6.92 Å². The van der Waals surface area contributed by atoms with Crippen molar-refractivity contribution in [2.24, 2.45) is 0 Å². The number of nitrogens with one attached hydrogen (secondary N) is 2. The number of hydrogen-bond donors (Lipinski definition) is 2. The predicted molar refractivity (Wildman–Crippen MR) is 93.3 cm³/mol. The van der Waals surface area contributed by atoms with Crippen LogP contribution in [0.3, 0.4) is 0 Å². The molecule has 3 rings (SSSR count). The van der Waals surface area contributed by atoms with Gasteiger partial charge in [-0.2, -0.15) is 5.10 Å². The van der Waals surface area contributed by atoms with Crippen LogP contribution in [-0.2, 0) is 4.79 Å². The second kappa shape index (κ2) is 7.65. The van der Waals surface area contributed by atoms with Gasteiger partial charge in [-0.15, -0.1) is 0 Å². The number of anilines is 1. The van der Waals surface area contributed by atoms with Gasteiger partial charge in [-0.3, -0.25) is 9.89 Å². The van der Waals surface area contributed by atoms with E-state index in [9.17, 15) is 4.79 Å². The second-order valence-electron chi connectivity index (χ2n) is 4.98. The van der Waals surface area contributed by atoms with E-state index >= 15 is 0 Å². The number of carbonyl (C=O) groups excluding carboxylic acids is 1. The van der Waals surface area contributed by atoms with Gasteiger partial charge in [-0.1, -0.05) is 30.0 Å². The molecular formula is C17H16N4O2S. The SMILES string of the molecule is C[C@@H](Sc1ncn[nH]1)C(=O)Nc1ccc(Oc2ccccc2)cc1. The molecule has 6 nitrogen and oxygen atoms in total. The van der Waals surface area contributed by atoms with E-state index < -0.39 is 0 Å². The molecule has 2 N–H and O–H groups in total. The summed E-state index contributed by atoms with van der Waals surface area (Å²) < 4.78 is 5.72. The number of benzene rings is 2. The van der Waals surface area contributed by atoms with Crippen molar-refractivity contribution in [1.82, 2.24) is 15.2 Å².